The molecule has 1 amide bonds. The van der Waals surface area contributed by atoms with Crippen LogP contribution in [0.4, 0.5) is 17.1 Å². The SMILES string of the molecule is CC1(C)CCC(CN2CCN(c3ccc(C(=O)NS(=O)(=O)c4ccc(NCCN5CC6(CCOCC6)C5)c([N+](=O)[O-])c4)c(Oc4cnc5[nH]ccc5c4)c3)CC2)=C([C@H]2C[C@@H](Cl)C3CC32)C1. The summed E-state index contributed by atoms with van der Waals surface area (Å²) in [4.78, 5) is 39.8. The van der Waals surface area contributed by atoms with E-state index in [1.54, 1.807) is 41.7 Å². The minimum Gasteiger partial charge on any atom is -0.455 e. The van der Waals surface area contributed by atoms with Gasteiger partial charge in [-0.1, -0.05) is 25.0 Å². The summed E-state index contributed by atoms with van der Waals surface area (Å²) in [7, 11) is -4.55. The highest BCUT2D eigenvalue weighted by Crippen LogP contribution is 2.62. The molecule has 5 fully saturated rings. The number of hydrogen-bond acceptors (Lipinski definition) is 12. The summed E-state index contributed by atoms with van der Waals surface area (Å²) in [5, 5.41) is 16.4. The molecule has 2 aromatic carbocycles. The molecule has 17 heteroatoms. The molecule has 15 nitrogen and oxygen atoms in total. The van der Waals surface area contributed by atoms with Crippen LogP contribution in [0.5, 0.6) is 11.5 Å². The molecule has 0 radical (unpaired) electrons. The number of sulfonamides is 1. The van der Waals surface area contributed by atoms with E-state index in [0.29, 0.717) is 52.5 Å². The minimum absolute atomic E-state index is 0.0184. The summed E-state index contributed by atoms with van der Waals surface area (Å²) in [5.74, 6) is 1.68. The number of H-pyrrole nitrogens is 1. The Morgan fingerprint density at radius 1 is 1.02 bits per heavy atom. The number of pyridine rings is 1. The van der Waals surface area contributed by atoms with E-state index in [4.69, 9.17) is 21.1 Å². The van der Waals surface area contributed by atoms with Crippen LogP contribution >= 0.6 is 11.6 Å². The zero-order chi connectivity index (χ0) is 45.1. The second-order valence-corrected chi connectivity index (χ2v) is 22.4. The molecule has 2 saturated carbocycles. The third-order valence-electron chi connectivity index (χ3n) is 15.1. The first-order chi connectivity index (χ1) is 31.2. The van der Waals surface area contributed by atoms with Crippen molar-refractivity contribution in [2.24, 2.45) is 28.6 Å². The summed E-state index contributed by atoms with van der Waals surface area (Å²) in [6, 6.07) is 12.4. The fourth-order valence-corrected chi connectivity index (χ4v) is 12.8. The highest BCUT2D eigenvalue weighted by Gasteiger charge is 2.55. The molecule has 4 aromatic rings. The van der Waals surface area contributed by atoms with Gasteiger partial charge in [0.2, 0.25) is 0 Å². The van der Waals surface area contributed by atoms with Crippen molar-refractivity contribution in [1.82, 2.24) is 24.5 Å². The van der Waals surface area contributed by atoms with Gasteiger partial charge < -0.3 is 29.6 Å². The van der Waals surface area contributed by atoms with Crippen molar-refractivity contribution >= 4 is 55.6 Å². The van der Waals surface area contributed by atoms with Gasteiger partial charge in [-0.25, -0.2) is 18.1 Å². The van der Waals surface area contributed by atoms with E-state index >= 15 is 0 Å². The van der Waals surface area contributed by atoms with Gasteiger partial charge in [-0.15, -0.1) is 11.6 Å². The van der Waals surface area contributed by atoms with Gasteiger partial charge in [0.1, 0.15) is 22.8 Å². The smallest absolute Gasteiger partial charge is 0.293 e. The minimum atomic E-state index is -4.55. The lowest BCUT2D eigenvalue weighted by Gasteiger charge is -2.52. The Hall–Kier alpha value is -4.74. The standard InChI is InChI=1S/C48H59ClN8O7S/c1-47(2)9-7-32(40(26-47)38-25-41(49)39-24-37(38)39)28-54-15-17-56(18-16-54)33-3-5-36(44(22-33)64-34-21-31-8-12-51-45(31)52-27-34)46(58)53-65(61,62)35-4-6-42(43(23-35)57(59)60)50-13-14-55-29-48(30-55)10-19-63-20-11-48/h3-6,8,12,21-23,27,37-39,41,50H,7,9-11,13-20,24-26,28-30H2,1-2H3,(H,51,52)(H,53,58)/t37?,38-,39?,41+/m0/s1. The predicted octanol–water partition coefficient (Wildman–Crippen LogP) is 7.80. The highest BCUT2D eigenvalue weighted by atomic mass is 35.5. The number of carbonyl (C=O) groups excluding carboxylic acids is 1. The number of ether oxygens (including phenoxy) is 2. The third kappa shape index (κ3) is 9.34. The van der Waals surface area contributed by atoms with E-state index < -0.39 is 31.4 Å². The van der Waals surface area contributed by atoms with Gasteiger partial charge in [0.15, 0.2) is 0 Å². The van der Waals surface area contributed by atoms with Crippen LogP contribution < -0.4 is 19.7 Å². The molecule has 6 aliphatic rings. The van der Waals surface area contributed by atoms with Gasteiger partial charge in [-0.3, -0.25) is 19.8 Å². The molecule has 3 N–H and O–H groups in total. The number of amides is 1. The Balaban J connectivity index is 0.829. The quantitative estimate of drug-likeness (QED) is 0.0485. The Bertz CT molecular complexity index is 2610. The van der Waals surface area contributed by atoms with Crippen LogP contribution in [0.25, 0.3) is 11.0 Å². The maximum atomic E-state index is 14.0. The lowest BCUT2D eigenvalue weighted by atomic mass is 9.70. The Morgan fingerprint density at radius 3 is 2.55 bits per heavy atom. The molecule has 0 bridgehead atoms. The van der Waals surface area contributed by atoms with Gasteiger partial charge in [-0.2, -0.15) is 0 Å². The van der Waals surface area contributed by atoms with E-state index in [0.717, 1.165) is 114 Å². The summed E-state index contributed by atoms with van der Waals surface area (Å²) in [6.45, 7) is 13.7. The molecule has 5 heterocycles. The van der Waals surface area contributed by atoms with E-state index in [1.807, 2.05) is 12.1 Å². The van der Waals surface area contributed by atoms with Crippen LogP contribution in [-0.4, -0.2) is 117 Å². The molecule has 2 unspecified atom stereocenters. The molecular formula is C48H59ClN8O7S. The number of carbonyl (C=O) groups is 1. The molecule has 3 saturated heterocycles. The number of nitro benzene ring substituents is 1. The maximum Gasteiger partial charge on any atom is 0.293 e. The van der Waals surface area contributed by atoms with Gasteiger partial charge in [0, 0.05) is 112 Å². The topological polar surface area (TPSA) is 175 Å². The number of benzene rings is 2. The van der Waals surface area contributed by atoms with Crippen LogP contribution in [0, 0.1) is 38.7 Å². The average molecular weight is 928 g/mol. The van der Waals surface area contributed by atoms with Crippen LogP contribution in [0.3, 0.4) is 0 Å². The van der Waals surface area contributed by atoms with E-state index in [2.05, 4.69) is 48.6 Å². The van der Waals surface area contributed by atoms with Gasteiger partial charge in [-0.05, 0) is 105 Å². The monoisotopic (exact) mass is 926 g/mol. The Labute approximate surface area is 385 Å². The molecule has 3 aliphatic heterocycles. The lowest BCUT2D eigenvalue weighted by molar-refractivity contribution is -0.384. The van der Waals surface area contributed by atoms with E-state index in [9.17, 15) is 23.3 Å². The van der Waals surface area contributed by atoms with Gasteiger partial charge in [0.05, 0.1) is 21.6 Å². The zero-order valence-electron chi connectivity index (χ0n) is 37.2. The molecule has 1 spiro atoms. The van der Waals surface area contributed by atoms with Crippen molar-refractivity contribution in [2.75, 3.05) is 82.3 Å². The Kier molecular flexibility index (Phi) is 11.9. The molecule has 3 aliphatic carbocycles. The molecule has 2 aromatic heterocycles. The van der Waals surface area contributed by atoms with Crippen molar-refractivity contribution in [3.05, 3.63) is 87.7 Å². The zero-order valence-corrected chi connectivity index (χ0v) is 38.8. The average Bonchev–Trinajstić information content (AvgIpc) is 3.82. The molecule has 10 rings (SSSR count). The van der Waals surface area contributed by atoms with Crippen LogP contribution in [0.1, 0.15) is 69.2 Å². The summed E-state index contributed by atoms with van der Waals surface area (Å²) < 4.78 is 41.5. The fraction of sp³-hybridized carbons (Fsp3) is 0.542. The number of anilines is 2. The number of nitrogens with zero attached hydrogens (tertiary/aromatic N) is 5. The van der Waals surface area contributed by atoms with Crippen molar-refractivity contribution in [1.29, 1.82) is 0 Å². The molecule has 346 valence electrons. The van der Waals surface area contributed by atoms with Crippen LogP contribution in [-0.2, 0) is 14.8 Å². The molecule has 4 atom stereocenters. The highest BCUT2D eigenvalue weighted by molar-refractivity contribution is 7.90. The summed E-state index contributed by atoms with van der Waals surface area (Å²) in [6.07, 6.45) is 11.3. The first-order valence-corrected chi connectivity index (χ1v) is 25.1. The third-order valence-corrected chi connectivity index (χ3v) is 16.9. The number of piperazine rings is 1. The number of halogens is 1. The van der Waals surface area contributed by atoms with Crippen molar-refractivity contribution < 1.29 is 27.6 Å². The van der Waals surface area contributed by atoms with E-state index in [1.165, 1.54) is 25.0 Å². The normalized spacial score (nSPS) is 25.3. The van der Waals surface area contributed by atoms with Crippen molar-refractivity contribution in [2.45, 2.75) is 69.1 Å². The predicted molar refractivity (Wildman–Crippen MR) is 250 cm³/mol. The van der Waals surface area contributed by atoms with Crippen molar-refractivity contribution in [3.63, 3.8) is 0 Å². The number of alkyl halides is 1. The summed E-state index contributed by atoms with van der Waals surface area (Å²) >= 11 is 6.79. The number of likely N-dealkylation sites (tertiary alicyclic amines) is 1. The number of nitro groups is 1. The first kappa shape index (κ1) is 44.1. The Morgan fingerprint density at radius 2 is 1.82 bits per heavy atom. The van der Waals surface area contributed by atoms with Gasteiger partial charge >= 0.3 is 0 Å². The molecular weight excluding hydrogens is 868 g/mol. The van der Waals surface area contributed by atoms with Crippen LogP contribution in [0.2, 0.25) is 0 Å². The number of nitrogens with one attached hydrogen (secondary N) is 3. The number of allylic oxidation sites excluding steroid dienone is 1. The van der Waals surface area contributed by atoms with Gasteiger partial charge in [0.25, 0.3) is 21.6 Å². The number of aromatic nitrogens is 2. The lowest BCUT2D eigenvalue weighted by Crippen LogP contribution is -2.59. The fourth-order valence-electron chi connectivity index (χ4n) is 11.3. The first-order valence-electron chi connectivity index (χ1n) is 23.2. The number of hydrogen-bond donors (Lipinski definition) is 3. The second-order valence-electron chi connectivity index (χ2n) is 20.1. The van der Waals surface area contributed by atoms with Crippen LogP contribution in [0.15, 0.2) is 77.0 Å². The largest absolute Gasteiger partial charge is 0.455 e. The van der Waals surface area contributed by atoms with E-state index in [-0.39, 0.29) is 17.0 Å². The summed E-state index contributed by atoms with van der Waals surface area (Å²) in [5.41, 5.74) is 5.22. The number of fused-ring (bicyclic) bond motifs is 2. The maximum absolute atomic E-state index is 14.0. The number of aromatic amines is 1. The van der Waals surface area contributed by atoms with Crippen molar-refractivity contribution in [3.8, 4) is 11.5 Å². The molecule has 65 heavy (non-hydrogen) atoms. The number of rotatable bonds is 14. The second kappa shape index (κ2) is 17.5.